The Morgan fingerprint density at radius 1 is 1.50 bits per heavy atom. The van der Waals surface area contributed by atoms with Crippen LogP contribution in [-0.2, 0) is 0 Å². The van der Waals surface area contributed by atoms with E-state index >= 15 is 0 Å². The highest BCUT2D eigenvalue weighted by Gasteiger charge is 2.26. The molecular formula is C7H15F2NOS. The molecule has 0 bridgehead atoms. The van der Waals surface area contributed by atoms with Crippen molar-refractivity contribution in [3.05, 3.63) is 0 Å². The Morgan fingerprint density at radius 2 is 2.17 bits per heavy atom. The molecule has 0 aromatic rings. The molecule has 0 atom stereocenters. The van der Waals surface area contributed by atoms with Gasteiger partial charge in [-0.25, -0.2) is 8.78 Å². The molecule has 0 aromatic heterocycles. The van der Waals surface area contributed by atoms with Crippen molar-refractivity contribution in [3.8, 4) is 0 Å². The Kier molecular flexibility index (Phi) is 6.70. The number of aliphatic hydroxyl groups excluding tert-OH is 1. The number of rotatable bonds is 7. The van der Waals surface area contributed by atoms with E-state index in [1.165, 1.54) is 0 Å². The van der Waals surface area contributed by atoms with Gasteiger partial charge in [0.05, 0.1) is 6.54 Å². The van der Waals surface area contributed by atoms with Crippen LogP contribution in [0.2, 0.25) is 0 Å². The number of halogens is 2. The van der Waals surface area contributed by atoms with E-state index in [0.717, 1.165) is 11.5 Å². The summed E-state index contributed by atoms with van der Waals surface area (Å²) in [5, 5.41) is 10.8. The highest BCUT2D eigenvalue weighted by Crippen LogP contribution is 2.09. The predicted molar refractivity (Wildman–Crippen MR) is 47.9 cm³/mol. The second-order valence-corrected chi connectivity index (χ2v) is 3.78. The molecule has 2 N–H and O–H groups in total. The standard InChI is InChI=1S/C7H15F2NOS/c1-2-12-4-3-10-5-7(8,9)6-11/h10-11H,2-6H2,1H3. The summed E-state index contributed by atoms with van der Waals surface area (Å²) in [5.74, 6) is -1.15. The van der Waals surface area contributed by atoms with Crippen molar-refractivity contribution in [1.82, 2.24) is 5.32 Å². The third-order valence-electron chi connectivity index (χ3n) is 1.24. The second kappa shape index (κ2) is 6.62. The van der Waals surface area contributed by atoms with Gasteiger partial charge >= 0.3 is 0 Å². The van der Waals surface area contributed by atoms with Crippen LogP contribution in [-0.4, -0.2) is 42.2 Å². The zero-order valence-corrected chi connectivity index (χ0v) is 7.96. The summed E-state index contributed by atoms with van der Waals surface area (Å²) in [7, 11) is 0. The maximum absolute atomic E-state index is 12.3. The van der Waals surface area contributed by atoms with Crippen molar-refractivity contribution in [2.75, 3.05) is 31.2 Å². The van der Waals surface area contributed by atoms with E-state index in [4.69, 9.17) is 5.11 Å². The van der Waals surface area contributed by atoms with Gasteiger partial charge in [-0.1, -0.05) is 6.92 Å². The monoisotopic (exact) mass is 199 g/mol. The first-order valence-corrected chi connectivity index (χ1v) is 5.05. The number of aliphatic hydroxyl groups is 1. The van der Waals surface area contributed by atoms with Crippen LogP contribution >= 0.6 is 11.8 Å². The molecule has 74 valence electrons. The van der Waals surface area contributed by atoms with Gasteiger partial charge in [-0.05, 0) is 5.75 Å². The molecule has 2 nitrogen and oxygen atoms in total. The third-order valence-corrected chi connectivity index (χ3v) is 2.14. The van der Waals surface area contributed by atoms with E-state index in [1.54, 1.807) is 11.8 Å². The first-order chi connectivity index (χ1) is 5.62. The van der Waals surface area contributed by atoms with Crippen molar-refractivity contribution >= 4 is 11.8 Å². The quantitative estimate of drug-likeness (QED) is 0.599. The molecule has 0 unspecified atom stereocenters. The maximum Gasteiger partial charge on any atom is 0.282 e. The van der Waals surface area contributed by atoms with Crippen molar-refractivity contribution in [1.29, 1.82) is 0 Å². The molecule has 0 fully saturated rings. The summed E-state index contributed by atoms with van der Waals surface area (Å²) < 4.78 is 24.7. The van der Waals surface area contributed by atoms with Crippen LogP contribution in [0.4, 0.5) is 8.78 Å². The lowest BCUT2D eigenvalue weighted by molar-refractivity contribution is -0.0471. The minimum absolute atomic E-state index is 0.437. The number of hydrogen-bond acceptors (Lipinski definition) is 3. The lowest BCUT2D eigenvalue weighted by atomic mass is 10.3. The normalized spacial score (nSPS) is 12.0. The van der Waals surface area contributed by atoms with Crippen molar-refractivity contribution in [2.45, 2.75) is 12.8 Å². The molecule has 0 spiro atoms. The Balaban J connectivity index is 3.19. The van der Waals surface area contributed by atoms with E-state index < -0.39 is 19.1 Å². The lowest BCUT2D eigenvalue weighted by Gasteiger charge is -2.13. The highest BCUT2D eigenvalue weighted by atomic mass is 32.2. The van der Waals surface area contributed by atoms with Gasteiger partial charge in [-0.2, -0.15) is 11.8 Å². The fourth-order valence-electron chi connectivity index (χ4n) is 0.616. The van der Waals surface area contributed by atoms with Crippen LogP contribution in [0.3, 0.4) is 0 Å². The predicted octanol–water partition coefficient (Wildman–Crippen LogP) is 0.957. The third kappa shape index (κ3) is 6.82. The number of nitrogens with one attached hydrogen (secondary N) is 1. The summed E-state index contributed by atoms with van der Waals surface area (Å²) in [4.78, 5) is 0. The van der Waals surface area contributed by atoms with Gasteiger partial charge in [0.1, 0.15) is 6.61 Å². The van der Waals surface area contributed by atoms with E-state index in [0.29, 0.717) is 6.54 Å². The molecule has 0 aliphatic carbocycles. The van der Waals surface area contributed by atoms with E-state index in [2.05, 4.69) is 5.32 Å². The zero-order chi connectivity index (χ0) is 9.45. The summed E-state index contributed by atoms with van der Waals surface area (Å²) in [6.45, 7) is 1.07. The zero-order valence-electron chi connectivity index (χ0n) is 7.15. The Labute approximate surface area is 75.7 Å². The first kappa shape index (κ1) is 12.1. The highest BCUT2D eigenvalue weighted by molar-refractivity contribution is 7.99. The number of alkyl halides is 2. The molecular weight excluding hydrogens is 184 g/mol. The molecule has 5 heteroatoms. The molecule has 0 aromatic carbocycles. The summed E-state index contributed by atoms with van der Waals surface area (Å²) in [6.07, 6.45) is 0. The fraction of sp³-hybridized carbons (Fsp3) is 1.00. The maximum atomic E-state index is 12.3. The smallest absolute Gasteiger partial charge is 0.282 e. The topological polar surface area (TPSA) is 32.3 Å². The van der Waals surface area contributed by atoms with Gasteiger partial charge < -0.3 is 10.4 Å². The Hall–Kier alpha value is 0.130. The van der Waals surface area contributed by atoms with Gasteiger partial charge in [0.15, 0.2) is 0 Å². The van der Waals surface area contributed by atoms with Crippen LogP contribution in [0.15, 0.2) is 0 Å². The molecule has 0 saturated heterocycles. The minimum atomic E-state index is -2.98. The van der Waals surface area contributed by atoms with Gasteiger partial charge in [-0.3, -0.25) is 0 Å². The summed E-state index contributed by atoms with van der Waals surface area (Å²) in [6, 6.07) is 0. The van der Waals surface area contributed by atoms with Crippen molar-refractivity contribution < 1.29 is 13.9 Å². The average molecular weight is 199 g/mol. The van der Waals surface area contributed by atoms with Gasteiger partial charge in [0, 0.05) is 12.3 Å². The van der Waals surface area contributed by atoms with Crippen LogP contribution in [0.1, 0.15) is 6.92 Å². The minimum Gasteiger partial charge on any atom is -0.390 e. The van der Waals surface area contributed by atoms with Gasteiger partial charge in [0.25, 0.3) is 5.92 Å². The average Bonchev–Trinajstić information content (AvgIpc) is 2.04. The van der Waals surface area contributed by atoms with Crippen LogP contribution < -0.4 is 5.32 Å². The van der Waals surface area contributed by atoms with Gasteiger partial charge in [-0.15, -0.1) is 0 Å². The Bertz CT molecular complexity index is 114. The molecule has 0 rings (SSSR count). The Morgan fingerprint density at radius 3 is 2.67 bits per heavy atom. The largest absolute Gasteiger partial charge is 0.390 e. The summed E-state index contributed by atoms with van der Waals surface area (Å²) >= 11 is 1.70. The number of thioether (sulfide) groups is 1. The van der Waals surface area contributed by atoms with E-state index in [-0.39, 0.29) is 0 Å². The van der Waals surface area contributed by atoms with Crippen molar-refractivity contribution in [2.24, 2.45) is 0 Å². The van der Waals surface area contributed by atoms with E-state index in [9.17, 15) is 8.78 Å². The lowest BCUT2D eigenvalue weighted by Crippen LogP contribution is -2.36. The molecule has 12 heavy (non-hydrogen) atoms. The van der Waals surface area contributed by atoms with Crippen LogP contribution in [0.25, 0.3) is 0 Å². The SMILES string of the molecule is CCSCCNCC(F)(F)CO. The summed E-state index contributed by atoms with van der Waals surface area (Å²) in [5.41, 5.74) is 0. The fourth-order valence-corrected chi connectivity index (χ4v) is 1.19. The van der Waals surface area contributed by atoms with E-state index in [1.807, 2.05) is 6.92 Å². The number of hydrogen-bond donors (Lipinski definition) is 2. The first-order valence-electron chi connectivity index (χ1n) is 3.89. The van der Waals surface area contributed by atoms with Crippen molar-refractivity contribution in [3.63, 3.8) is 0 Å². The molecule has 0 aliphatic rings. The van der Waals surface area contributed by atoms with Gasteiger partial charge in [0.2, 0.25) is 0 Å². The molecule has 0 saturated carbocycles. The molecule has 0 amide bonds. The molecule has 0 heterocycles. The second-order valence-electron chi connectivity index (χ2n) is 2.39. The van der Waals surface area contributed by atoms with Crippen LogP contribution in [0.5, 0.6) is 0 Å². The molecule has 0 radical (unpaired) electrons. The molecule has 0 aliphatic heterocycles. The van der Waals surface area contributed by atoms with Crippen LogP contribution in [0, 0.1) is 0 Å².